The Labute approximate surface area is 207 Å². The van der Waals surface area contributed by atoms with E-state index in [2.05, 4.69) is 5.32 Å². The summed E-state index contributed by atoms with van der Waals surface area (Å²) in [6, 6.07) is 23.4. The molecule has 7 nitrogen and oxygen atoms in total. The zero-order valence-corrected chi connectivity index (χ0v) is 20.0. The van der Waals surface area contributed by atoms with Crippen molar-refractivity contribution < 1.29 is 9.21 Å². The first-order chi connectivity index (χ1) is 17.4. The van der Waals surface area contributed by atoms with Gasteiger partial charge < -0.3 is 9.73 Å². The van der Waals surface area contributed by atoms with Crippen LogP contribution >= 0.6 is 0 Å². The van der Waals surface area contributed by atoms with Crippen LogP contribution in [-0.2, 0) is 13.1 Å². The van der Waals surface area contributed by atoms with Crippen LogP contribution in [0.15, 0.2) is 99.1 Å². The molecule has 0 aliphatic carbocycles. The van der Waals surface area contributed by atoms with E-state index >= 15 is 0 Å². The van der Waals surface area contributed by atoms with Gasteiger partial charge in [0.25, 0.3) is 11.5 Å². The molecule has 36 heavy (non-hydrogen) atoms. The highest BCUT2D eigenvalue weighted by Gasteiger charge is 2.17. The molecule has 1 N–H and O–H groups in total. The number of hydrogen-bond acceptors (Lipinski definition) is 4. The summed E-state index contributed by atoms with van der Waals surface area (Å²) in [4.78, 5) is 40.2. The number of fused-ring (bicyclic) bond motifs is 1. The van der Waals surface area contributed by atoms with Gasteiger partial charge in [0.1, 0.15) is 5.76 Å². The zero-order valence-electron chi connectivity index (χ0n) is 20.0. The lowest BCUT2D eigenvalue weighted by molar-refractivity contribution is 0.0948. The largest absolute Gasteiger partial charge is 0.467 e. The Kier molecular flexibility index (Phi) is 6.12. The number of carbonyl (C=O) groups is 1. The molecule has 2 heterocycles. The van der Waals surface area contributed by atoms with E-state index in [0.29, 0.717) is 27.9 Å². The van der Waals surface area contributed by atoms with Crippen LogP contribution in [0.5, 0.6) is 0 Å². The standard InChI is InChI=1S/C29H25N3O4/c1-19-9-12-23(13-10-19)32-28(34)25-14-11-21(27(33)30-17-24-8-5-15-36-24)16-26(25)31(29(32)35)18-22-7-4-3-6-20(22)2/h3-16H,17-18H2,1-2H3,(H,30,33). The molecule has 1 amide bonds. The van der Waals surface area contributed by atoms with Crippen molar-refractivity contribution in [2.45, 2.75) is 26.9 Å². The zero-order chi connectivity index (χ0) is 25.2. The molecule has 0 saturated carbocycles. The highest BCUT2D eigenvalue weighted by atomic mass is 16.3. The average Bonchev–Trinajstić information content (AvgIpc) is 3.41. The van der Waals surface area contributed by atoms with Gasteiger partial charge in [-0.3, -0.25) is 14.2 Å². The highest BCUT2D eigenvalue weighted by molar-refractivity contribution is 5.97. The quantitative estimate of drug-likeness (QED) is 0.393. The molecule has 0 aliphatic heterocycles. The molecule has 180 valence electrons. The third kappa shape index (κ3) is 4.38. The van der Waals surface area contributed by atoms with E-state index in [1.807, 2.05) is 50.2 Å². The number of carbonyl (C=O) groups excluding carboxylic acids is 1. The Balaban J connectivity index is 1.67. The van der Waals surface area contributed by atoms with Crippen molar-refractivity contribution in [1.29, 1.82) is 0 Å². The van der Waals surface area contributed by atoms with Crippen LogP contribution in [0, 0.1) is 13.8 Å². The van der Waals surface area contributed by atoms with Crippen LogP contribution in [0.4, 0.5) is 0 Å². The second kappa shape index (κ2) is 9.54. The molecule has 0 spiro atoms. The van der Waals surface area contributed by atoms with Crippen LogP contribution in [0.25, 0.3) is 16.6 Å². The summed E-state index contributed by atoms with van der Waals surface area (Å²) in [5, 5.41) is 3.17. The maximum Gasteiger partial charge on any atom is 0.336 e. The molecular formula is C29H25N3O4. The van der Waals surface area contributed by atoms with E-state index in [4.69, 9.17) is 4.42 Å². The number of aromatic nitrogens is 2. The molecule has 7 heteroatoms. The molecule has 0 atom stereocenters. The van der Waals surface area contributed by atoms with E-state index in [-0.39, 0.29) is 19.0 Å². The van der Waals surface area contributed by atoms with Gasteiger partial charge >= 0.3 is 5.69 Å². The van der Waals surface area contributed by atoms with Crippen molar-refractivity contribution in [1.82, 2.24) is 14.5 Å². The molecule has 5 aromatic rings. The van der Waals surface area contributed by atoms with Gasteiger partial charge in [-0.1, -0.05) is 42.0 Å². The number of amides is 1. The third-order valence-corrected chi connectivity index (χ3v) is 6.29. The number of aryl methyl sites for hydroxylation is 2. The Morgan fingerprint density at radius 2 is 1.69 bits per heavy atom. The van der Waals surface area contributed by atoms with Crippen molar-refractivity contribution in [3.8, 4) is 5.69 Å². The number of rotatable bonds is 6. The number of hydrogen-bond donors (Lipinski definition) is 1. The second-order valence-electron chi connectivity index (χ2n) is 8.77. The fraction of sp³-hybridized carbons (Fsp3) is 0.138. The van der Waals surface area contributed by atoms with E-state index in [1.54, 1.807) is 53.3 Å². The number of furan rings is 1. The van der Waals surface area contributed by atoms with Crippen LogP contribution < -0.4 is 16.6 Å². The first-order valence-corrected chi connectivity index (χ1v) is 11.6. The van der Waals surface area contributed by atoms with E-state index < -0.39 is 11.2 Å². The lowest BCUT2D eigenvalue weighted by Crippen LogP contribution is -2.39. The minimum absolute atomic E-state index is 0.231. The summed E-state index contributed by atoms with van der Waals surface area (Å²) in [6.45, 7) is 4.41. The van der Waals surface area contributed by atoms with Crippen LogP contribution in [0.2, 0.25) is 0 Å². The molecule has 2 aromatic heterocycles. The summed E-state index contributed by atoms with van der Waals surface area (Å²) >= 11 is 0. The van der Waals surface area contributed by atoms with Crippen LogP contribution in [0.3, 0.4) is 0 Å². The maximum atomic E-state index is 13.8. The molecule has 0 aliphatic rings. The molecule has 0 bridgehead atoms. The Hall–Kier alpha value is -4.65. The summed E-state index contributed by atoms with van der Waals surface area (Å²) in [7, 11) is 0. The fourth-order valence-corrected chi connectivity index (χ4v) is 4.22. The first kappa shape index (κ1) is 23.1. The topological polar surface area (TPSA) is 86.2 Å². The van der Waals surface area contributed by atoms with Gasteiger partial charge in [-0.05, 0) is 67.4 Å². The monoisotopic (exact) mass is 479 g/mol. The first-order valence-electron chi connectivity index (χ1n) is 11.6. The van der Waals surface area contributed by atoms with E-state index in [0.717, 1.165) is 16.7 Å². The van der Waals surface area contributed by atoms with Crippen LogP contribution in [0.1, 0.15) is 32.8 Å². The molecule has 0 unspecified atom stereocenters. The third-order valence-electron chi connectivity index (χ3n) is 6.29. The molecule has 5 rings (SSSR count). The molecule has 0 fully saturated rings. The van der Waals surface area contributed by atoms with Crippen molar-refractivity contribution in [3.63, 3.8) is 0 Å². The van der Waals surface area contributed by atoms with Crippen molar-refractivity contribution in [2.75, 3.05) is 0 Å². The van der Waals surface area contributed by atoms with Gasteiger partial charge in [-0.25, -0.2) is 9.36 Å². The number of nitrogens with one attached hydrogen (secondary N) is 1. The van der Waals surface area contributed by atoms with Crippen molar-refractivity contribution in [3.05, 3.63) is 134 Å². The predicted molar refractivity (Wildman–Crippen MR) is 139 cm³/mol. The Morgan fingerprint density at radius 3 is 2.42 bits per heavy atom. The van der Waals surface area contributed by atoms with Crippen LogP contribution in [-0.4, -0.2) is 15.0 Å². The Morgan fingerprint density at radius 1 is 0.917 bits per heavy atom. The minimum Gasteiger partial charge on any atom is -0.467 e. The van der Waals surface area contributed by atoms with Gasteiger partial charge in [0, 0.05) is 5.56 Å². The fourth-order valence-electron chi connectivity index (χ4n) is 4.22. The molecular weight excluding hydrogens is 454 g/mol. The predicted octanol–water partition coefficient (Wildman–Crippen LogP) is 4.34. The van der Waals surface area contributed by atoms with Gasteiger partial charge in [-0.15, -0.1) is 0 Å². The normalized spacial score (nSPS) is 11.1. The average molecular weight is 480 g/mol. The SMILES string of the molecule is Cc1ccc(-n2c(=O)c3ccc(C(=O)NCc4ccco4)cc3n(Cc3ccccc3C)c2=O)cc1. The van der Waals surface area contributed by atoms with E-state index in [1.165, 1.54) is 4.57 Å². The maximum absolute atomic E-state index is 13.8. The Bertz CT molecular complexity index is 1680. The van der Waals surface area contributed by atoms with Gasteiger partial charge in [0.15, 0.2) is 0 Å². The van der Waals surface area contributed by atoms with Gasteiger partial charge in [-0.2, -0.15) is 0 Å². The summed E-state index contributed by atoms with van der Waals surface area (Å²) < 4.78 is 8.03. The number of benzene rings is 3. The lowest BCUT2D eigenvalue weighted by atomic mass is 10.1. The van der Waals surface area contributed by atoms with Gasteiger partial charge in [0.05, 0.1) is 35.9 Å². The summed E-state index contributed by atoms with van der Waals surface area (Å²) in [6.07, 6.45) is 1.54. The van der Waals surface area contributed by atoms with Gasteiger partial charge in [0.2, 0.25) is 0 Å². The summed E-state index contributed by atoms with van der Waals surface area (Å²) in [5.41, 5.74) is 3.35. The smallest absolute Gasteiger partial charge is 0.336 e. The molecule has 3 aromatic carbocycles. The van der Waals surface area contributed by atoms with Crippen molar-refractivity contribution in [2.24, 2.45) is 0 Å². The molecule has 0 radical (unpaired) electrons. The highest BCUT2D eigenvalue weighted by Crippen LogP contribution is 2.17. The second-order valence-corrected chi connectivity index (χ2v) is 8.77. The lowest BCUT2D eigenvalue weighted by Gasteiger charge is -2.16. The van der Waals surface area contributed by atoms with Crippen molar-refractivity contribution >= 4 is 16.8 Å². The minimum atomic E-state index is -0.465. The number of nitrogens with zero attached hydrogens (tertiary/aromatic N) is 2. The summed E-state index contributed by atoms with van der Waals surface area (Å²) in [5.74, 6) is 0.299. The molecule has 0 saturated heterocycles. The van der Waals surface area contributed by atoms with E-state index in [9.17, 15) is 14.4 Å².